The number of sulfonamides is 1. The van der Waals surface area contributed by atoms with Crippen LogP contribution in [0.15, 0.2) is 30.3 Å². The van der Waals surface area contributed by atoms with Gasteiger partial charge in [-0.05, 0) is 25.0 Å². The fourth-order valence-electron chi connectivity index (χ4n) is 2.39. The molecule has 1 aliphatic carbocycles. The number of halogens is 3. The van der Waals surface area contributed by atoms with Crippen molar-refractivity contribution >= 4 is 21.6 Å². The highest BCUT2D eigenvalue weighted by Crippen LogP contribution is 2.35. The summed E-state index contributed by atoms with van der Waals surface area (Å²) < 4.78 is 61.9. The maximum absolute atomic E-state index is 12.8. The molecule has 0 bridgehead atoms. The van der Waals surface area contributed by atoms with Gasteiger partial charge in [-0.3, -0.25) is 4.79 Å². The standard InChI is InChI=1S/C13H14F3NO3S/c14-13(15,16)21(19,20)17(11-8-2-1-3-9-11)12(18)10-6-4-5-7-10/h1-3,8-10H,4-7H2. The van der Waals surface area contributed by atoms with Crippen LogP contribution in [0.2, 0.25) is 0 Å². The van der Waals surface area contributed by atoms with Gasteiger partial charge >= 0.3 is 15.5 Å². The number of nitrogens with zero attached hydrogens (tertiary/aromatic N) is 1. The predicted octanol–water partition coefficient (Wildman–Crippen LogP) is 3.06. The Hall–Kier alpha value is -1.57. The summed E-state index contributed by atoms with van der Waals surface area (Å²) in [6, 6.07) is 6.65. The van der Waals surface area contributed by atoms with Crippen LogP contribution in [0.1, 0.15) is 25.7 Å². The third kappa shape index (κ3) is 3.04. The molecule has 1 aliphatic rings. The van der Waals surface area contributed by atoms with Gasteiger partial charge in [-0.2, -0.15) is 25.9 Å². The lowest BCUT2D eigenvalue weighted by atomic mass is 10.1. The highest BCUT2D eigenvalue weighted by Gasteiger charge is 2.53. The number of rotatable bonds is 3. The van der Waals surface area contributed by atoms with Crippen LogP contribution >= 0.6 is 0 Å². The fraction of sp³-hybridized carbons (Fsp3) is 0.462. The molecule has 1 fully saturated rings. The van der Waals surface area contributed by atoms with Gasteiger partial charge < -0.3 is 0 Å². The van der Waals surface area contributed by atoms with Crippen LogP contribution in [0.5, 0.6) is 0 Å². The molecule has 0 unspecified atom stereocenters. The van der Waals surface area contributed by atoms with Crippen molar-refractivity contribution in [3.63, 3.8) is 0 Å². The van der Waals surface area contributed by atoms with Crippen molar-refractivity contribution in [2.75, 3.05) is 4.31 Å². The van der Waals surface area contributed by atoms with Crippen molar-refractivity contribution in [2.24, 2.45) is 5.92 Å². The van der Waals surface area contributed by atoms with Gasteiger partial charge in [0.1, 0.15) is 0 Å². The first-order valence-corrected chi connectivity index (χ1v) is 7.89. The lowest BCUT2D eigenvalue weighted by Gasteiger charge is -2.25. The van der Waals surface area contributed by atoms with Crippen LogP contribution in [-0.4, -0.2) is 19.8 Å². The smallest absolute Gasteiger partial charge is 0.273 e. The SMILES string of the molecule is O=C(C1CCCC1)N(c1ccccc1)S(=O)(=O)C(F)(F)F. The van der Waals surface area contributed by atoms with Crippen LogP contribution in [-0.2, 0) is 14.8 Å². The molecule has 0 spiro atoms. The van der Waals surface area contributed by atoms with E-state index in [1.165, 1.54) is 30.3 Å². The van der Waals surface area contributed by atoms with Crippen molar-refractivity contribution in [1.29, 1.82) is 0 Å². The molecular weight excluding hydrogens is 307 g/mol. The van der Waals surface area contributed by atoms with E-state index >= 15 is 0 Å². The second-order valence-electron chi connectivity index (χ2n) is 4.87. The summed E-state index contributed by atoms with van der Waals surface area (Å²) in [6.45, 7) is 0. The average molecular weight is 321 g/mol. The zero-order chi connectivity index (χ0) is 15.7. The largest absolute Gasteiger partial charge is 0.517 e. The summed E-state index contributed by atoms with van der Waals surface area (Å²) in [6.07, 6.45) is 2.25. The molecule has 116 valence electrons. The van der Waals surface area contributed by atoms with Crippen LogP contribution in [0.4, 0.5) is 18.9 Å². The minimum absolute atomic E-state index is 0.0943. The maximum Gasteiger partial charge on any atom is 0.517 e. The Bertz CT molecular complexity index is 607. The Morgan fingerprint density at radius 1 is 1.10 bits per heavy atom. The van der Waals surface area contributed by atoms with Gasteiger partial charge in [0, 0.05) is 5.92 Å². The van der Waals surface area contributed by atoms with E-state index in [0.29, 0.717) is 25.7 Å². The van der Waals surface area contributed by atoms with Crippen molar-refractivity contribution < 1.29 is 26.4 Å². The molecule has 0 N–H and O–H groups in total. The maximum atomic E-state index is 12.8. The van der Waals surface area contributed by atoms with E-state index in [1.807, 2.05) is 0 Å². The average Bonchev–Trinajstić information content (AvgIpc) is 2.92. The first kappa shape index (κ1) is 15.8. The van der Waals surface area contributed by atoms with E-state index in [4.69, 9.17) is 0 Å². The van der Waals surface area contributed by atoms with Gasteiger partial charge in [-0.25, -0.2) is 0 Å². The highest BCUT2D eigenvalue weighted by molar-refractivity contribution is 7.94. The van der Waals surface area contributed by atoms with Gasteiger partial charge in [0.2, 0.25) is 5.91 Å². The van der Waals surface area contributed by atoms with Gasteiger partial charge in [-0.1, -0.05) is 31.0 Å². The van der Waals surface area contributed by atoms with Crippen molar-refractivity contribution in [3.8, 4) is 0 Å². The van der Waals surface area contributed by atoms with E-state index in [1.54, 1.807) is 0 Å². The summed E-state index contributed by atoms with van der Waals surface area (Å²) in [4.78, 5) is 12.3. The monoisotopic (exact) mass is 321 g/mol. The summed E-state index contributed by atoms with van der Waals surface area (Å²) in [5.74, 6) is -1.68. The zero-order valence-electron chi connectivity index (χ0n) is 11.0. The zero-order valence-corrected chi connectivity index (χ0v) is 11.8. The third-order valence-electron chi connectivity index (χ3n) is 3.43. The number of carbonyl (C=O) groups is 1. The van der Waals surface area contributed by atoms with Crippen molar-refractivity contribution in [1.82, 2.24) is 0 Å². The number of carbonyl (C=O) groups excluding carboxylic acids is 1. The molecule has 0 aromatic heterocycles. The number of hydrogen-bond acceptors (Lipinski definition) is 3. The first-order valence-electron chi connectivity index (χ1n) is 6.45. The molecule has 1 amide bonds. The first-order chi connectivity index (χ1) is 9.75. The molecule has 0 heterocycles. The van der Waals surface area contributed by atoms with Gasteiger partial charge in [0.15, 0.2) is 0 Å². The van der Waals surface area contributed by atoms with Gasteiger partial charge in [0.05, 0.1) is 5.69 Å². The Balaban J connectivity index is 2.48. The van der Waals surface area contributed by atoms with Crippen LogP contribution in [0.25, 0.3) is 0 Å². The molecule has 0 atom stereocenters. The number of amides is 1. The molecule has 0 saturated heterocycles. The molecular formula is C13H14F3NO3S. The quantitative estimate of drug-likeness (QED) is 0.860. The number of alkyl halides is 3. The summed E-state index contributed by atoms with van der Waals surface area (Å²) in [7, 11) is -5.74. The Kier molecular flexibility index (Phi) is 4.27. The number of hydrogen-bond donors (Lipinski definition) is 0. The van der Waals surface area contributed by atoms with E-state index in [-0.39, 0.29) is 9.99 Å². The topological polar surface area (TPSA) is 54.5 Å². The molecule has 4 nitrogen and oxygen atoms in total. The van der Waals surface area contributed by atoms with Gasteiger partial charge in [-0.15, -0.1) is 0 Å². The lowest BCUT2D eigenvalue weighted by molar-refractivity contribution is -0.121. The van der Waals surface area contributed by atoms with E-state index in [9.17, 15) is 26.4 Å². The Morgan fingerprint density at radius 2 is 1.62 bits per heavy atom. The van der Waals surface area contributed by atoms with Crippen LogP contribution in [0, 0.1) is 5.92 Å². The lowest BCUT2D eigenvalue weighted by Crippen LogP contribution is -2.46. The number of anilines is 1. The Labute approximate surface area is 120 Å². The molecule has 1 saturated carbocycles. The number of para-hydroxylation sites is 1. The summed E-state index contributed by atoms with van der Waals surface area (Å²) in [5, 5.41) is 0. The second kappa shape index (κ2) is 5.67. The van der Waals surface area contributed by atoms with E-state index in [2.05, 4.69) is 0 Å². The third-order valence-corrected chi connectivity index (χ3v) is 4.88. The molecule has 2 rings (SSSR count). The van der Waals surface area contributed by atoms with Crippen molar-refractivity contribution in [2.45, 2.75) is 31.2 Å². The number of benzene rings is 1. The van der Waals surface area contributed by atoms with E-state index < -0.39 is 27.4 Å². The van der Waals surface area contributed by atoms with E-state index in [0.717, 1.165) is 0 Å². The fourth-order valence-corrected chi connectivity index (χ4v) is 3.38. The second-order valence-corrected chi connectivity index (χ2v) is 6.65. The minimum atomic E-state index is -5.74. The highest BCUT2D eigenvalue weighted by atomic mass is 32.2. The Morgan fingerprint density at radius 3 is 2.10 bits per heavy atom. The molecule has 1 aromatic rings. The van der Waals surface area contributed by atoms with Crippen LogP contribution in [0.3, 0.4) is 0 Å². The summed E-state index contributed by atoms with van der Waals surface area (Å²) in [5.41, 5.74) is -5.80. The molecule has 1 aromatic carbocycles. The summed E-state index contributed by atoms with van der Waals surface area (Å²) >= 11 is 0. The van der Waals surface area contributed by atoms with Gasteiger partial charge in [0.25, 0.3) is 0 Å². The predicted molar refractivity (Wildman–Crippen MR) is 70.9 cm³/mol. The molecule has 0 aliphatic heterocycles. The molecule has 21 heavy (non-hydrogen) atoms. The van der Waals surface area contributed by atoms with Crippen molar-refractivity contribution in [3.05, 3.63) is 30.3 Å². The molecule has 8 heteroatoms. The normalized spacial score (nSPS) is 16.9. The minimum Gasteiger partial charge on any atom is -0.273 e. The molecule has 0 radical (unpaired) electrons. The van der Waals surface area contributed by atoms with Crippen LogP contribution < -0.4 is 4.31 Å².